The highest BCUT2D eigenvalue weighted by Crippen LogP contribution is 2.26. The number of carbonyl (C=O) groups excluding carboxylic acids is 3. The van der Waals surface area contributed by atoms with E-state index in [1.165, 1.54) is 12.3 Å². The molecule has 3 amide bonds. The van der Waals surface area contributed by atoms with Crippen LogP contribution in [0.25, 0.3) is 0 Å². The number of hydrogen-bond donors (Lipinski definition) is 0. The average Bonchev–Trinajstić information content (AvgIpc) is 3.21. The van der Waals surface area contributed by atoms with Gasteiger partial charge in [-0.15, -0.1) is 0 Å². The molecule has 0 unspecified atom stereocenters. The molecule has 3 heterocycles. The molecule has 1 aromatic carbocycles. The Bertz CT molecular complexity index is 1030. The van der Waals surface area contributed by atoms with Crippen LogP contribution in [0.4, 0.5) is 10.1 Å². The number of halogens is 1. The molecule has 2 atom stereocenters. The van der Waals surface area contributed by atoms with E-state index in [0.29, 0.717) is 31.6 Å². The van der Waals surface area contributed by atoms with Crippen LogP contribution in [0, 0.1) is 5.82 Å². The Morgan fingerprint density at radius 1 is 1.03 bits per heavy atom. The van der Waals surface area contributed by atoms with Crippen molar-refractivity contribution in [3.63, 3.8) is 0 Å². The molecule has 2 aliphatic rings. The highest BCUT2D eigenvalue weighted by molar-refractivity contribution is 5.99. The van der Waals surface area contributed by atoms with E-state index in [4.69, 9.17) is 0 Å². The summed E-state index contributed by atoms with van der Waals surface area (Å²) in [4.78, 5) is 46.9. The monoisotopic (exact) mass is 424 g/mol. The maximum atomic E-state index is 14.0. The predicted molar refractivity (Wildman–Crippen MR) is 113 cm³/mol. The summed E-state index contributed by atoms with van der Waals surface area (Å²) in [6.45, 7) is 5.06. The van der Waals surface area contributed by atoms with Crippen LogP contribution in [0.2, 0.25) is 0 Å². The predicted octanol–water partition coefficient (Wildman–Crippen LogP) is 2.72. The molecule has 4 rings (SSSR count). The van der Waals surface area contributed by atoms with Crippen LogP contribution in [-0.2, 0) is 4.79 Å². The molecule has 2 aromatic rings. The largest absolute Gasteiger partial charge is 0.332 e. The SMILES string of the molecule is C[C@@H]1[C@@H](C)N(C(=O)c2ccncc2F)CCN1C(=O)c1cccc(N2CCCC2=O)c1. The van der Waals surface area contributed by atoms with Crippen molar-refractivity contribution in [2.24, 2.45) is 0 Å². The maximum Gasteiger partial charge on any atom is 0.257 e. The molecule has 162 valence electrons. The number of hydrogen-bond acceptors (Lipinski definition) is 4. The zero-order valence-corrected chi connectivity index (χ0v) is 17.6. The van der Waals surface area contributed by atoms with Crippen LogP contribution >= 0.6 is 0 Å². The van der Waals surface area contributed by atoms with Gasteiger partial charge in [-0.25, -0.2) is 4.39 Å². The second-order valence-corrected chi connectivity index (χ2v) is 8.03. The number of pyridine rings is 1. The molecule has 2 fully saturated rings. The van der Waals surface area contributed by atoms with Crippen molar-refractivity contribution in [2.75, 3.05) is 24.5 Å². The normalized spacial score (nSPS) is 21.5. The zero-order valence-electron chi connectivity index (χ0n) is 17.6. The molecule has 31 heavy (non-hydrogen) atoms. The molecular formula is C23H25FN4O3. The molecule has 2 aliphatic heterocycles. The van der Waals surface area contributed by atoms with Crippen LogP contribution in [0.15, 0.2) is 42.7 Å². The van der Waals surface area contributed by atoms with E-state index in [0.717, 1.165) is 18.3 Å². The molecule has 0 aliphatic carbocycles. The molecule has 0 N–H and O–H groups in total. The van der Waals surface area contributed by atoms with Crippen molar-refractivity contribution < 1.29 is 18.8 Å². The van der Waals surface area contributed by atoms with Gasteiger partial charge < -0.3 is 14.7 Å². The number of aromatic nitrogens is 1. The van der Waals surface area contributed by atoms with Gasteiger partial charge in [0.1, 0.15) is 0 Å². The fraction of sp³-hybridized carbons (Fsp3) is 0.391. The Kier molecular flexibility index (Phi) is 5.71. The van der Waals surface area contributed by atoms with Crippen LogP contribution in [0.5, 0.6) is 0 Å². The second kappa shape index (κ2) is 8.45. The summed E-state index contributed by atoms with van der Waals surface area (Å²) in [7, 11) is 0. The average molecular weight is 424 g/mol. The van der Waals surface area contributed by atoms with E-state index in [2.05, 4.69) is 4.98 Å². The van der Waals surface area contributed by atoms with Gasteiger partial charge in [0.2, 0.25) is 5.91 Å². The van der Waals surface area contributed by atoms with E-state index >= 15 is 0 Å². The third-order valence-corrected chi connectivity index (χ3v) is 6.27. The minimum Gasteiger partial charge on any atom is -0.332 e. The van der Waals surface area contributed by atoms with E-state index in [1.807, 2.05) is 19.9 Å². The van der Waals surface area contributed by atoms with Crippen molar-refractivity contribution in [3.05, 3.63) is 59.7 Å². The summed E-state index contributed by atoms with van der Waals surface area (Å²) in [5, 5.41) is 0. The summed E-state index contributed by atoms with van der Waals surface area (Å²) in [5.41, 5.74) is 1.23. The molecule has 0 radical (unpaired) electrons. The van der Waals surface area contributed by atoms with Gasteiger partial charge in [0, 0.05) is 55.6 Å². The molecule has 0 saturated carbocycles. The van der Waals surface area contributed by atoms with Gasteiger partial charge >= 0.3 is 0 Å². The lowest BCUT2D eigenvalue weighted by atomic mass is 10.0. The molecule has 8 heteroatoms. The summed E-state index contributed by atoms with van der Waals surface area (Å²) < 4.78 is 14.0. The van der Waals surface area contributed by atoms with Crippen molar-refractivity contribution in [2.45, 2.75) is 38.8 Å². The molecule has 0 spiro atoms. The Balaban J connectivity index is 1.51. The maximum absolute atomic E-state index is 14.0. The third-order valence-electron chi connectivity index (χ3n) is 6.27. The fourth-order valence-corrected chi connectivity index (χ4v) is 4.31. The number of nitrogens with zero attached hydrogens (tertiary/aromatic N) is 4. The van der Waals surface area contributed by atoms with Crippen LogP contribution < -0.4 is 4.90 Å². The fourth-order valence-electron chi connectivity index (χ4n) is 4.31. The molecule has 7 nitrogen and oxygen atoms in total. The number of carbonyl (C=O) groups is 3. The molecule has 0 bridgehead atoms. The van der Waals surface area contributed by atoms with Crippen molar-refractivity contribution in [1.29, 1.82) is 0 Å². The number of piperazine rings is 1. The first kappa shape index (κ1) is 21.0. The molecule has 1 aromatic heterocycles. The van der Waals surface area contributed by atoms with E-state index in [-0.39, 0.29) is 29.5 Å². The Morgan fingerprint density at radius 3 is 2.39 bits per heavy atom. The standard InChI is InChI=1S/C23H25FN4O3/c1-15-16(2)27(23(31)19-8-9-25-14-20(19)24)12-11-26(15)22(30)17-5-3-6-18(13-17)28-10-4-7-21(28)29/h3,5-6,8-9,13-16H,4,7,10-12H2,1-2H3/t15-,16-/m1/s1. The van der Waals surface area contributed by atoms with Crippen molar-refractivity contribution in [1.82, 2.24) is 14.8 Å². The first-order valence-corrected chi connectivity index (χ1v) is 10.5. The topological polar surface area (TPSA) is 73.8 Å². The molecular weight excluding hydrogens is 399 g/mol. The lowest BCUT2D eigenvalue weighted by molar-refractivity contribution is -0.117. The van der Waals surface area contributed by atoms with Crippen molar-refractivity contribution in [3.8, 4) is 0 Å². The molecule has 2 saturated heterocycles. The summed E-state index contributed by atoms with van der Waals surface area (Å²) in [6.07, 6.45) is 3.77. The van der Waals surface area contributed by atoms with E-state index in [1.54, 1.807) is 32.9 Å². The third kappa shape index (κ3) is 3.89. The summed E-state index contributed by atoms with van der Waals surface area (Å²) in [5.74, 6) is -1.13. The number of anilines is 1. The van der Waals surface area contributed by atoms with E-state index in [9.17, 15) is 18.8 Å². The smallest absolute Gasteiger partial charge is 0.257 e. The Hall–Kier alpha value is -3.29. The zero-order chi connectivity index (χ0) is 22.1. The van der Waals surface area contributed by atoms with Crippen LogP contribution in [0.3, 0.4) is 0 Å². The highest BCUT2D eigenvalue weighted by Gasteiger charge is 2.37. The number of benzene rings is 1. The number of amides is 3. The Labute approximate surface area is 180 Å². The first-order chi connectivity index (χ1) is 14.9. The first-order valence-electron chi connectivity index (χ1n) is 10.5. The van der Waals surface area contributed by atoms with Crippen molar-refractivity contribution >= 4 is 23.4 Å². The van der Waals surface area contributed by atoms with Gasteiger partial charge in [-0.05, 0) is 44.5 Å². The second-order valence-electron chi connectivity index (χ2n) is 8.03. The minimum atomic E-state index is -0.654. The Morgan fingerprint density at radius 2 is 1.74 bits per heavy atom. The van der Waals surface area contributed by atoms with Gasteiger partial charge in [-0.2, -0.15) is 0 Å². The lowest BCUT2D eigenvalue weighted by Gasteiger charge is -2.45. The quantitative estimate of drug-likeness (QED) is 0.760. The van der Waals surface area contributed by atoms with Crippen LogP contribution in [0.1, 0.15) is 47.4 Å². The van der Waals surface area contributed by atoms with Crippen LogP contribution in [-0.4, -0.2) is 64.2 Å². The lowest BCUT2D eigenvalue weighted by Crippen LogP contribution is -2.60. The highest BCUT2D eigenvalue weighted by atomic mass is 19.1. The van der Waals surface area contributed by atoms with Gasteiger partial charge in [0.15, 0.2) is 5.82 Å². The van der Waals surface area contributed by atoms with Gasteiger partial charge in [-0.1, -0.05) is 6.07 Å². The summed E-state index contributed by atoms with van der Waals surface area (Å²) >= 11 is 0. The van der Waals surface area contributed by atoms with Gasteiger partial charge in [0.25, 0.3) is 11.8 Å². The minimum absolute atomic E-state index is 0.0168. The number of rotatable bonds is 3. The summed E-state index contributed by atoms with van der Waals surface area (Å²) in [6, 6.07) is 7.95. The van der Waals surface area contributed by atoms with Gasteiger partial charge in [0.05, 0.1) is 11.8 Å². The van der Waals surface area contributed by atoms with E-state index < -0.39 is 11.7 Å². The van der Waals surface area contributed by atoms with Gasteiger partial charge in [-0.3, -0.25) is 19.4 Å².